The van der Waals surface area contributed by atoms with Crippen LogP contribution in [0, 0.1) is 17.8 Å². The van der Waals surface area contributed by atoms with Gasteiger partial charge in [0.1, 0.15) is 0 Å². The van der Waals surface area contributed by atoms with E-state index in [1.165, 1.54) is 31.2 Å². The first kappa shape index (κ1) is 10.6. The van der Waals surface area contributed by atoms with E-state index in [-0.39, 0.29) is 5.92 Å². The van der Waals surface area contributed by atoms with Gasteiger partial charge in [-0.3, -0.25) is 4.79 Å². The molecule has 3 aliphatic rings. The van der Waals surface area contributed by atoms with E-state index in [1.54, 1.807) is 0 Å². The molecular weight excluding hydrogens is 222 g/mol. The Bertz CT molecular complexity index is 510. The fourth-order valence-electron chi connectivity index (χ4n) is 4.65. The van der Waals surface area contributed by atoms with E-state index in [4.69, 9.17) is 0 Å². The minimum Gasteiger partial charge on any atom is -0.315 e. The van der Waals surface area contributed by atoms with Crippen LogP contribution in [0.1, 0.15) is 37.2 Å². The maximum absolute atomic E-state index is 12.5. The van der Waals surface area contributed by atoms with Gasteiger partial charge in [0.2, 0.25) is 5.91 Å². The van der Waals surface area contributed by atoms with Gasteiger partial charge < -0.3 is 4.90 Å². The molecule has 1 amide bonds. The summed E-state index contributed by atoms with van der Waals surface area (Å²) >= 11 is 0. The molecule has 1 aliphatic heterocycles. The summed E-state index contributed by atoms with van der Waals surface area (Å²) < 4.78 is 0. The fraction of sp³-hybridized carbons (Fsp3) is 0.562. The van der Waals surface area contributed by atoms with Crippen molar-refractivity contribution < 1.29 is 4.79 Å². The highest BCUT2D eigenvalue weighted by Crippen LogP contribution is 2.62. The number of fused-ring (bicyclic) bond motifs is 6. The molecule has 0 bridgehead atoms. The second kappa shape index (κ2) is 3.59. The van der Waals surface area contributed by atoms with Crippen molar-refractivity contribution in [3.05, 3.63) is 29.8 Å². The van der Waals surface area contributed by atoms with Gasteiger partial charge in [-0.2, -0.15) is 0 Å². The fourth-order valence-corrected chi connectivity index (χ4v) is 4.65. The van der Waals surface area contributed by atoms with Crippen molar-refractivity contribution in [2.75, 3.05) is 11.9 Å². The number of amides is 1. The van der Waals surface area contributed by atoms with Gasteiger partial charge in [-0.05, 0) is 36.3 Å². The molecule has 2 heteroatoms. The minimum absolute atomic E-state index is 0.287. The van der Waals surface area contributed by atoms with Crippen molar-refractivity contribution in [1.82, 2.24) is 0 Å². The summed E-state index contributed by atoms with van der Waals surface area (Å²) in [6.07, 6.45) is 5.28. The SMILES string of the molecule is CN1C(=O)[C@@H]2C(c3ccccc31)[C@@H]1CCCC[C@H]21. The Hall–Kier alpha value is -1.31. The zero-order valence-corrected chi connectivity index (χ0v) is 10.8. The highest BCUT2D eigenvalue weighted by molar-refractivity contribution is 5.99. The van der Waals surface area contributed by atoms with Gasteiger partial charge in [-0.25, -0.2) is 0 Å². The molecule has 1 heterocycles. The first-order valence-electron chi connectivity index (χ1n) is 7.15. The second-order valence-electron chi connectivity index (χ2n) is 6.12. The van der Waals surface area contributed by atoms with Crippen LogP contribution < -0.4 is 4.90 Å². The van der Waals surface area contributed by atoms with E-state index in [1.807, 2.05) is 18.0 Å². The molecule has 0 spiro atoms. The number of carbonyl (C=O) groups is 1. The molecule has 94 valence electrons. The van der Waals surface area contributed by atoms with E-state index >= 15 is 0 Å². The van der Waals surface area contributed by atoms with Gasteiger partial charge in [0.05, 0.1) is 0 Å². The molecule has 18 heavy (non-hydrogen) atoms. The molecule has 2 nitrogen and oxygen atoms in total. The quantitative estimate of drug-likeness (QED) is 0.683. The van der Waals surface area contributed by atoms with E-state index < -0.39 is 0 Å². The molecule has 2 fully saturated rings. The molecule has 1 aromatic carbocycles. The molecule has 2 saturated carbocycles. The maximum atomic E-state index is 12.5. The zero-order valence-electron chi connectivity index (χ0n) is 10.8. The third-order valence-electron chi connectivity index (χ3n) is 5.46. The van der Waals surface area contributed by atoms with Gasteiger partial charge in [-0.15, -0.1) is 0 Å². The standard InChI is InChI=1S/C16H19NO/c1-17-13-9-5-4-8-12(13)14-10-6-2-3-7-11(10)15(14)16(17)18/h4-5,8-11,14-15H,2-3,6-7H2,1H3/t10-,11+,14?,15+/m1/s1. The normalized spacial score (nSPS) is 37.4. The van der Waals surface area contributed by atoms with Gasteiger partial charge in [-0.1, -0.05) is 31.0 Å². The largest absolute Gasteiger partial charge is 0.315 e. The number of anilines is 1. The van der Waals surface area contributed by atoms with E-state index in [2.05, 4.69) is 18.2 Å². The Labute approximate surface area is 108 Å². The summed E-state index contributed by atoms with van der Waals surface area (Å²) in [4.78, 5) is 14.4. The average molecular weight is 241 g/mol. The molecule has 2 aliphatic carbocycles. The lowest BCUT2D eigenvalue weighted by Crippen LogP contribution is -2.57. The van der Waals surface area contributed by atoms with E-state index in [0.717, 1.165) is 11.6 Å². The van der Waals surface area contributed by atoms with E-state index in [0.29, 0.717) is 17.7 Å². The molecule has 4 rings (SSSR count). The number of carbonyl (C=O) groups excluding carboxylic acids is 1. The topological polar surface area (TPSA) is 20.3 Å². The van der Waals surface area contributed by atoms with Crippen LogP contribution in [0.4, 0.5) is 5.69 Å². The number of benzene rings is 1. The predicted molar refractivity (Wildman–Crippen MR) is 71.5 cm³/mol. The first-order chi connectivity index (χ1) is 8.79. The van der Waals surface area contributed by atoms with Crippen LogP contribution in [0.15, 0.2) is 24.3 Å². The molecule has 0 N–H and O–H groups in total. The summed E-state index contributed by atoms with van der Waals surface area (Å²) in [6.45, 7) is 0. The third kappa shape index (κ3) is 1.16. The number of rotatable bonds is 0. The molecule has 4 atom stereocenters. The predicted octanol–water partition coefficient (Wildman–Crippen LogP) is 3.18. The Morgan fingerprint density at radius 3 is 2.50 bits per heavy atom. The molecule has 0 aromatic heterocycles. The number of hydrogen-bond acceptors (Lipinski definition) is 1. The van der Waals surface area contributed by atoms with Crippen LogP contribution in [0.2, 0.25) is 0 Å². The van der Waals surface area contributed by atoms with Crippen molar-refractivity contribution in [3.63, 3.8) is 0 Å². The number of hydrogen-bond donors (Lipinski definition) is 0. The van der Waals surface area contributed by atoms with Crippen molar-refractivity contribution in [3.8, 4) is 0 Å². The lowest BCUT2D eigenvalue weighted by Gasteiger charge is -2.57. The maximum Gasteiger partial charge on any atom is 0.230 e. The van der Waals surface area contributed by atoms with Crippen molar-refractivity contribution in [2.45, 2.75) is 31.6 Å². The molecule has 1 aromatic rings. The summed E-state index contributed by atoms with van der Waals surface area (Å²) in [5, 5.41) is 0. The van der Waals surface area contributed by atoms with Crippen molar-refractivity contribution in [1.29, 1.82) is 0 Å². The zero-order chi connectivity index (χ0) is 12.3. The Morgan fingerprint density at radius 1 is 1.06 bits per heavy atom. The van der Waals surface area contributed by atoms with Crippen LogP contribution in [-0.4, -0.2) is 13.0 Å². The number of nitrogens with zero attached hydrogens (tertiary/aromatic N) is 1. The van der Waals surface area contributed by atoms with Gasteiger partial charge in [0.15, 0.2) is 0 Å². The van der Waals surface area contributed by atoms with Gasteiger partial charge in [0.25, 0.3) is 0 Å². The lowest BCUT2D eigenvalue weighted by molar-refractivity contribution is -0.136. The van der Waals surface area contributed by atoms with Crippen LogP contribution in [0.3, 0.4) is 0 Å². The first-order valence-corrected chi connectivity index (χ1v) is 7.15. The molecule has 0 radical (unpaired) electrons. The van der Waals surface area contributed by atoms with Crippen molar-refractivity contribution >= 4 is 11.6 Å². The van der Waals surface area contributed by atoms with Crippen LogP contribution in [0.25, 0.3) is 0 Å². The summed E-state index contributed by atoms with van der Waals surface area (Å²) in [5.41, 5.74) is 2.57. The molecule has 0 saturated heterocycles. The van der Waals surface area contributed by atoms with E-state index in [9.17, 15) is 4.79 Å². The highest BCUT2D eigenvalue weighted by atomic mass is 16.2. The van der Waals surface area contributed by atoms with Crippen LogP contribution in [0.5, 0.6) is 0 Å². The Morgan fingerprint density at radius 2 is 1.72 bits per heavy atom. The molecule has 1 unspecified atom stereocenters. The average Bonchev–Trinajstić information content (AvgIpc) is 2.39. The Balaban J connectivity index is 1.81. The van der Waals surface area contributed by atoms with Crippen molar-refractivity contribution in [2.24, 2.45) is 17.8 Å². The number of para-hydroxylation sites is 1. The van der Waals surface area contributed by atoms with Gasteiger partial charge >= 0.3 is 0 Å². The Kier molecular flexibility index (Phi) is 2.12. The van der Waals surface area contributed by atoms with Gasteiger partial charge in [0, 0.05) is 24.6 Å². The summed E-state index contributed by atoms with van der Waals surface area (Å²) in [5.74, 6) is 2.63. The molecular formula is C16H19NO. The summed E-state index contributed by atoms with van der Waals surface area (Å²) in [6, 6.07) is 8.50. The highest BCUT2D eigenvalue weighted by Gasteiger charge is 2.57. The van der Waals surface area contributed by atoms with Crippen LogP contribution in [-0.2, 0) is 4.79 Å². The second-order valence-corrected chi connectivity index (χ2v) is 6.12. The third-order valence-corrected chi connectivity index (χ3v) is 5.46. The lowest BCUT2D eigenvalue weighted by atomic mass is 9.48. The monoisotopic (exact) mass is 241 g/mol. The van der Waals surface area contributed by atoms with Crippen LogP contribution >= 0.6 is 0 Å². The smallest absolute Gasteiger partial charge is 0.230 e. The summed E-state index contributed by atoms with van der Waals surface area (Å²) in [7, 11) is 1.94. The minimum atomic E-state index is 0.287.